The normalized spacial score (nSPS) is 11.1. The van der Waals surface area contributed by atoms with Crippen molar-refractivity contribution < 1.29 is 36.3 Å². The Morgan fingerprint density at radius 3 is 2.34 bits per heavy atom. The second-order valence-electron chi connectivity index (χ2n) is 5.69. The van der Waals surface area contributed by atoms with Gasteiger partial charge in [-0.05, 0) is 37.5 Å². The van der Waals surface area contributed by atoms with Crippen molar-refractivity contribution in [3.8, 4) is 17.0 Å². The average molecular weight is 441 g/mol. The number of benzene rings is 1. The summed E-state index contributed by atoms with van der Waals surface area (Å²) in [4.78, 5) is 16.2. The summed E-state index contributed by atoms with van der Waals surface area (Å²) < 4.78 is 69.0. The average Bonchev–Trinajstić information content (AvgIpc) is 2.95. The standard InChI is InChI=1S/C17H18ClF5N2O.CO2/c1-3-12-14(18)15(25(4-2)24-12)11-6-5-10(7-8-17(21,22)23)9-13(11)26-16(19)20;2-1-3/h5-6,9,16H,3-4,7-8H2,1-2H3;. The zero-order valence-electron chi connectivity index (χ0n) is 15.5. The highest BCUT2D eigenvalue weighted by atomic mass is 35.5. The summed E-state index contributed by atoms with van der Waals surface area (Å²) >= 11 is 6.34. The van der Waals surface area contributed by atoms with Crippen LogP contribution in [-0.2, 0) is 29.0 Å². The quantitative estimate of drug-likeness (QED) is 0.548. The van der Waals surface area contributed by atoms with Crippen LogP contribution in [0.5, 0.6) is 5.75 Å². The van der Waals surface area contributed by atoms with Crippen molar-refractivity contribution in [1.29, 1.82) is 0 Å². The maximum Gasteiger partial charge on any atom is 0.389 e. The van der Waals surface area contributed by atoms with Gasteiger partial charge in [0.2, 0.25) is 0 Å². The Bertz CT molecular complexity index is 847. The van der Waals surface area contributed by atoms with Crippen molar-refractivity contribution in [2.24, 2.45) is 0 Å². The molecule has 29 heavy (non-hydrogen) atoms. The van der Waals surface area contributed by atoms with Crippen molar-refractivity contribution in [2.75, 3.05) is 0 Å². The van der Waals surface area contributed by atoms with Crippen molar-refractivity contribution in [3.05, 3.63) is 34.5 Å². The van der Waals surface area contributed by atoms with E-state index in [-0.39, 0.29) is 29.4 Å². The summed E-state index contributed by atoms with van der Waals surface area (Å²) in [5.74, 6) is -0.223. The van der Waals surface area contributed by atoms with E-state index in [4.69, 9.17) is 21.2 Å². The molecule has 0 N–H and O–H groups in total. The van der Waals surface area contributed by atoms with Crippen LogP contribution in [0.15, 0.2) is 18.2 Å². The minimum Gasteiger partial charge on any atom is -0.434 e. The largest absolute Gasteiger partial charge is 0.434 e. The van der Waals surface area contributed by atoms with Gasteiger partial charge in [0.1, 0.15) is 5.75 Å². The topological polar surface area (TPSA) is 61.2 Å². The lowest BCUT2D eigenvalue weighted by Crippen LogP contribution is -2.09. The number of rotatable bonds is 7. The van der Waals surface area contributed by atoms with Gasteiger partial charge in [0.25, 0.3) is 0 Å². The first kappa shape index (κ1) is 24.6. The van der Waals surface area contributed by atoms with E-state index in [1.807, 2.05) is 13.8 Å². The van der Waals surface area contributed by atoms with E-state index >= 15 is 0 Å². The summed E-state index contributed by atoms with van der Waals surface area (Å²) in [5.41, 5.74) is 1.52. The predicted octanol–water partition coefficient (Wildman–Crippen LogP) is 5.30. The minimum absolute atomic E-state index is 0.223. The molecule has 0 spiro atoms. The van der Waals surface area contributed by atoms with Gasteiger partial charge < -0.3 is 4.74 Å². The van der Waals surface area contributed by atoms with Gasteiger partial charge in [0.05, 0.1) is 16.4 Å². The second kappa shape index (κ2) is 10.9. The summed E-state index contributed by atoms with van der Waals surface area (Å²) in [7, 11) is 0. The molecule has 0 saturated heterocycles. The van der Waals surface area contributed by atoms with Crippen LogP contribution in [0.3, 0.4) is 0 Å². The summed E-state index contributed by atoms with van der Waals surface area (Å²) in [5, 5.41) is 4.64. The zero-order chi connectivity index (χ0) is 22.2. The van der Waals surface area contributed by atoms with E-state index in [1.54, 1.807) is 4.68 Å². The number of alkyl halides is 5. The molecule has 2 aromatic rings. The van der Waals surface area contributed by atoms with Crippen LogP contribution >= 0.6 is 11.6 Å². The Labute approximate surface area is 168 Å². The first-order chi connectivity index (χ1) is 13.6. The van der Waals surface area contributed by atoms with Crippen molar-refractivity contribution in [1.82, 2.24) is 9.78 Å². The molecule has 0 saturated carbocycles. The maximum atomic E-state index is 12.8. The highest BCUT2D eigenvalue weighted by Gasteiger charge is 2.27. The van der Waals surface area contributed by atoms with Gasteiger partial charge in [0.15, 0.2) is 0 Å². The smallest absolute Gasteiger partial charge is 0.389 e. The van der Waals surface area contributed by atoms with E-state index in [0.717, 1.165) is 0 Å². The third-order valence-electron chi connectivity index (χ3n) is 3.81. The predicted molar refractivity (Wildman–Crippen MR) is 93.7 cm³/mol. The third-order valence-corrected chi connectivity index (χ3v) is 4.21. The zero-order valence-corrected chi connectivity index (χ0v) is 16.3. The molecule has 0 amide bonds. The first-order valence-corrected chi connectivity index (χ1v) is 8.84. The third kappa shape index (κ3) is 7.14. The van der Waals surface area contributed by atoms with Gasteiger partial charge in [-0.1, -0.05) is 24.6 Å². The van der Waals surface area contributed by atoms with Crippen LogP contribution in [0.25, 0.3) is 11.3 Å². The fraction of sp³-hybridized carbons (Fsp3) is 0.444. The van der Waals surface area contributed by atoms with E-state index < -0.39 is 19.2 Å². The molecule has 0 fully saturated rings. The van der Waals surface area contributed by atoms with E-state index in [2.05, 4.69) is 9.84 Å². The minimum atomic E-state index is -4.33. The molecule has 0 unspecified atom stereocenters. The Morgan fingerprint density at radius 2 is 1.86 bits per heavy atom. The fourth-order valence-electron chi connectivity index (χ4n) is 2.60. The summed E-state index contributed by atoms with van der Waals surface area (Å²) in [6, 6.07) is 4.09. The van der Waals surface area contributed by atoms with Gasteiger partial charge in [0, 0.05) is 18.5 Å². The maximum absolute atomic E-state index is 12.8. The molecule has 11 heteroatoms. The number of nitrogens with zero attached hydrogens (tertiary/aromatic N) is 2. The van der Waals surface area contributed by atoms with E-state index in [9.17, 15) is 22.0 Å². The summed E-state index contributed by atoms with van der Waals surface area (Å²) in [6.07, 6.45) is -4.91. The lowest BCUT2D eigenvalue weighted by atomic mass is 10.0. The van der Waals surface area contributed by atoms with Crippen molar-refractivity contribution >= 4 is 17.8 Å². The number of hydrogen-bond donors (Lipinski definition) is 0. The van der Waals surface area contributed by atoms with E-state index in [1.165, 1.54) is 18.2 Å². The summed E-state index contributed by atoms with van der Waals surface area (Å²) in [6.45, 7) is 1.000. The van der Waals surface area contributed by atoms with Gasteiger partial charge in [-0.3, -0.25) is 4.68 Å². The number of carbonyl (C=O) groups excluding carboxylic acids is 2. The molecule has 1 heterocycles. The van der Waals surface area contributed by atoms with Crippen LogP contribution in [0.1, 0.15) is 31.5 Å². The molecule has 1 aromatic heterocycles. The number of aromatic nitrogens is 2. The SMILES string of the molecule is CCc1nn(CC)c(-c2ccc(CCC(F)(F)F)cc2OC(F)F)c1Cl.O=C=O. The molecule has 0 aliphatic heterocycles. The second-order valence-corrected chi connectivity index (χ2v) is 6.06. The molecule has 0 radical (unpaired) electrons. The van der Waals surface area contributed by atoms with Crippen LogP contribution in [-0.4, -0.2) is 28.7 Å². The van der Waals surface area contributed by atoms with Gasteiger partial charge in [-0.2, -0.15) is 36.6 Å². The van der Waals surface area contributed by atoms with Crippen molar-refractivity contribution in [2.45, 2.75) is 52.4 Å². The van der Waals surface area contributed by atoms with Crippen LogP contribution in [0.2, 0.25) is 5.02 Å². The van der Waals surface area contributed by atoms with Crippen LogP contribution < -0.4 is 4.74 Å². The molecular formula is C18H18ClF5N2O3. The first-order valence-electron chi connectivity index (χ1n) is 8.47. The molecule has 5 nitrogen and oxygen atoms in total. The molecule has 0 aliphatic rings. The Balaban J connectivity index is 0.00000132. The monoisotopic (exact) mass is 440 g/mol. The highest BCUT2D eigenvalue weighted by molar-refractivity contribution is 6.33. The molecule has 0 aliphatic carbocycles. The van der Waals surface area contributed by atoms with Gasteiger partial charge >= 0.3 is 18.9 Å². The number of halogens is 6. The Kier molecular flexibility index (Phi) is 9.26. The number of aryl methyl sites for hydroxylation is 3. The highest BCUT2D eigenvalue weighted by Crippen LogP contribution is 2.38. The van der Waals surface area contributed by atoms with Gasteiger partial charge in [-0.25, -0.2) is 0 Å². The Morgan fingerprint density at radius 1 is 1.24 bits per heavy atom. The van der Waals surface area contributed by atoms with E-state index in [0.29, 0.717) is 29.4 Å². The molecule has 2 rings (SSSR count). The fourth-order valence-corrected chi connectivity index (χ4v) is 2.97. The molecule has 0 bridgehead atoms. The number of hydrogen-bond acceptors (Lipinski definition) is 4. The molecule has 160 valence electrons. The number of ether oxygens (including phenoxy) is 1. The van der Waals surface area contributed by atoms with Gasteiger partial charge in [-0.15, -0.1) is 0 Å². The van der Waals surface area contributed by atoms with Crippen LogP contribution in [0, 0.1) is 0 Å². The Hall–Kier alpha value is -2.45. The lowest BCUT2D eigenvalue weighted by molar-refractivity contribution is -0.191. The molecule has 1 aromatic carbocycles. The molecule has 0 atom stereocenters. The van der Waals surface area contributed by atoms with Crippen molar-refractivity contribution in [3.63, 3.8) is 0 Å². The van der Waals surface area contributed by atoms with Crippen LogP contribution in [0.4, 0.5) is 22.0 Å². The lowest BCUT2D eigenvalue weighted by Gasteiger charge is -2.14. The molecular weight excluding hydrogens is 423 g/mol.